The fourth-order valence-electron chi connectivity index (χ4n) is 2.17. The summed E-state index contributed by atoms with van der Waals surface area (Å²) in [5.41, 5.74) is 6.47. The second kappa shape index (κ2) is 4.70. The van der Waals surface area contributed by atoms with Gasteiger partial charge in [0.1, 0.15) is 4.88 Å². The third-order valence-corrected chi connectivity index (χ3v) is 4.27. The highest BCUT2D eigenvalue weighted by molar-refractivity contribution is 7.80. The van der Waals surface area contributed by atoms with Gasteiger partial charge in [-0.2, -0.15) is 0 Å². The Hall–Kier alpha value is -1.01. The van der Waals surface area contributed by atoms with E-state index < -0.39 is 0 Å². The van der Waals surface area contributed by atoms with E-state index in [9.17, 15) is 4.79 Å². The largest absolute Gasteiger partial charge is 0.392 e. The van der Waals surface area contributed by atoms with Crippen molar-refractivity contribution in [3.05, 3.63) is 15.6 Å². The Kier molecular flexibility index (Phi) is 3.44. The van der Waals surface area contributed by atoms with Gasteiger partial charge in [-0.25, -0.2) is 4.98 Å². The van der Waals surface area contributed by atoms with Crippen LogP contribution < -0.4 is 5.73 Å². The van der Waals surface area contributed by atoms with Crippen molar-refractivity contribution in [1.82, 2.24) is 9.88 Å². The fraction of sp³-hybridized carbons (Fsp3) is 0.545. The second-order valence-corrected chi connectivity index (χ2v) is 5.88. The van der Waals surface area contributed by atoms with Crippen LogP contribution in [-0.4, -0.2) is 33.4 Å². The SMILES string of the molecule is Cc1nc(C)c(C(=O)N2CCCC2C(N)=S)s1. The zero-order valence-electron chi connectivity index (χ0n) is 9.90. The number of hydrogen-bond acceptors (Lipinski definition) is 4. The minimum atomic E-state index is -0.0840. The van der Waals surface area contributed by atoms with E-state index in [0.717, 1.165) is 30.1 Å². The summed E-state index contributed by atoms with van der Waals surface area (Å²) < 4.78 is 0. The first-order valence-corrected chi connectivity index (χ1v) is 6.77. The molecule has 1 atom stereocenters. The molecular weight excluding hydrogens is 254 g/mol. The predicted molar refractivity (Wildman–Crippen MR) is 72.4 cm³/mol. The lowest BCUT2D eigenvalue weighted by Crippen LogP contribution is -2.42. The van der Waals surface area contributed by atoms with E-state index in [-0.39, 0.29) is 11.9 Å². The first kappa shape index (κ1) is 12.4. The molecule has 1 aliphatic heterocycles. The van der Waals surface area contributed by atoms with E-state index in [1.807, 2.05) is 13.8 Å². The molecule has 0 saturated carbocycles. The molecule has 2 heterocycles. The van der Waals surface area contributed by atoms with Gasteiger partial charge in [-0.1, -0.05) is 12.2 Å². The first-order chi connectivity index (χ1) is 8.00. The van der Waals surface area contributed by atoms with Crippen LogP contribution in [-0.2, 0) is 0 Å². The van der Waals surface area contributed by atoms with E-state index in [2.05, 4.69) is 4.98 Å². The summed E-state index contributed by atoms with van der Waals surface area (Å²) in [6.45, 7) is 4.50. The molecule has 1 aromatic heterocycles. The predicted octanol–water partition coefficient (Wildman–Crippen LogP) is 1.65. The molecule has 1 amide bonds. The zero-order chi connectivity index (χ0) is 12.6. The van der Waals surface area contributed by atoms with Gasteiger partial charge in [0.25, 0.3) is 5.91 Å². The second-order valence-electron chi connectivity index (χ2n) is 4.21. The van der Waals surface area contributed by atoms with Crippen LogP contribution in [0, 0.1) is 13.8 Å². The van der Waals surface area contributed by atoms with Gasteiger partial charge >= 0.3 is 0 Å². The van der Waals surface area contributed by atoms with Gasteiger partial charge in [-0.05, 0) is 26.7 Å². The number of nitrogens with two attached hydrogens (primary N) is 1. The van der Waals surface area contributed by atoms with E-state index >= 15 is 0 Å². The number of nitrogens with zero attached hydrogens (tertiary/aromatic N) is 2. The third kappa shape index (κ3) is 2.32. The lowest BCUT2D eigenvalue weighted by molar-refractivity contribution is 0.0774. The molecule has 0 bridgehead atoms. The molecule has 17 heavy (non-hydrogen) atoms. The molecule has 1 saturated heterocycles. The molecule has 1 aromatic rings. The van der Waals surface area contributed by atoms with Crippen molar-refractivity contribution in [1.29, 1.82) is 0 Å². The Morgan fingerprint density at radius 3 is 2.82 bits per heavy atom. The first-order valence-electron chi connectivity index (χ1n) is 5.55. The van der Waals surface area contributed by atoms with Gasteiger partial charge in [0.2, 0.25) is 0 Å². The Morgan fingerprint density at radius 2 is 2.29 bits per heavy atom. The van der Waals surface area contributed by atoms with Gasteiger partial charge < -0.3 is 10.6 Å². The number of amides is 1. The van der Waals surface area contributed by atoms with Crippen LogP contribution in [0.3, 0.4) is 0 Å². The van der Waals surface area contributed by atoms with Gasteiger partial charge in [0.15, 0.2) is 0 Å². The highest BCUT2D eigenvalue weighted by Crippen LogP contribution is 2.25. The molecule has 0 radical (unpaired) electrons. The van der Waals surface area contributed by atoms with E-state index in [1.165, 1.54) is 11.3 Å². The highest BCUT2D eigenvalue weighted by atomic mass is 32.1. The summed E-state index contributed by atoms with van der Waals surface area (Å²) in [6, 6.07) is -0.0840. The molecule has 0 spiro atoms. The smallest absolute Gasteiger partial charge is 0.266 e. The number of carbonyl (C=O) groups excluding carboxylic acids is 1. The number of thiazole rings is 1. The average Bonchev–Trinajstić information content (AvgIpc) is 2.83. The minimum Gasteiger partial charge on any atom is -0.392 e. The number of aromatic nitrogens is 1. The van der Waals surface area contributed by atoms with E-state index in [4.69, 9.17) is 18.0 Å². The van der Waals surface area contributed by atoms with Crippen LogP contribution in [0.1, 0.15) is 33.2 Å². The summed E-state index contributed by atoms with van der Waals surface area (Å²) in [4.78, 5) is 19.6. The fourth-order valence-corrected chi connectivity index (χ4v) is 3.29. The van der Waals surface area contributed by atoms with E-state index in [0.29, 0.717) is 9.87 Å². The van der Waals surface area contributed by atoms with Crippen molar-refractivity contribution < 1.29 is 4.79 Å². The Bertz CT molecular complexity index is 469. The Labute approximate surface area is 110 Å². The molecule has 0 aromatic carbocycles. The Balaban J connectivity index is 2.25. The molecule has 1 unspecified atom stereocenters. The molecule has 0 aliphatic carbocycles. The number of hydrogen-bond donors (Lipinski definition) is 1. The normalized spacial score (nSPS) is 19.6. The van der Waals surface area contributed by atoms with Crippen LogP contribution in [0.15, 0.2) is 0 Å². The molecule has 4 nitrogen and oxygen atoms in total. The van der Waals surface area contributed by atoms with Crippen molar-refractivity contribution >= 4 is 34.5 Å². The van der Waals surface area contributed by atoms with Crippen LogP contribution in [0.25, 0.3) is 0 Å². The lowest BCUT2D eigenvalue weighted by Gasteiger charge is -2.23. The summed E-state index contributed by atoms with van der Waals surface area (Å²) in [5.74, 6) is 0.0170. The molecule has 1 fully saturated rings. The van der Waals surface area contributed by atoms with Crippen molar-refractivity contribution in [3.63, 3.8) is 0 Å². The number of likely N-dealkylation sites (tertiary alicyclic amines) is 1. The number of carbonyl (C=O) groups is 1. The zero-order valence-corrected chi connectivity index (χ0v) is 11.5. The molecule has 1 aliphatic rings. The van der Waals surface area contributed by atoms with Crippen molar-refractivity contribution in [3.8, 4) is 0 Å². The average molecular weight is 269 g/mol. The van der Waals surface area contributed by atoms with Crippen LogP contribution in [0.2, 0.25) is 0 Å². The van der Waals surface area contributed by atoms with Gasteiger partial charge in [-0.3, -0.25) is 4.79 Å². The minimum absolute atomic E-state index is 0.0170. The molecule has 2 rings (SSSR count). The van der Waals surface area contributed by atoms with Crippen LogP contribution >= 0.6 is 23.6 Å². The topological polar surface area (TPSA) is 59.2 Å². The number of thiocarbonyl (C=S) groups is 1. The van der Waals surface area contributed by atoms with Crippen molar-refractivity contribution in [2.75, 3.05) is 6.54 Å². The summed E-state index contributed by atoms with van der Waals surface area (Å²) in [7, 11) is 0. The van der Waals surface area contributed by atoms with Crippen LogP contribution in [0.4, 0.5) is 0 Å². The maximum Gasteiger partial charge on any atom is 0.266 e. The molecule has 2 N–H and O–H groups in total. The summed E-state index contributed by atoms with van der Waals surface area (Å²) in [5, 5.41) is 0.914. The summed E-state index contributed by atoms with van der Waals surface area (Å²) >= 11 is 6.45. The van der Waals surface area contributed by atoms with Gasteiger partial charge in [0.05, 0.1) is 21.7 Å². The summed E-state index contributed by atoms with van der Waals surface area (Å²) in [6.07, 6.45) is 1.84. The standard InChI is InChI=1S/C11H15N3OS2/c1-6-9(17-7(2)13-6)11(15)14-5-3-4-8(14)10(12)16/h8H,3-5H2,1-2H3,(H2,12,16). The molecule has 6 heteroatoms. The maximum absolute atomic E-state index is 12.4. The highest BCUT2D eigenvalue weighted by Gasteiger charge is 2.32. The van der Waals surface area contributed by atoms with Gasteiger partial charge in [-0.15, -0.1) is 11.3 Å². The van der Waals surface area contributed by atoms with Crippen LogP contribution in [0.5, 0.6) is 0 Å². The number of rotatable bonds is 2. The van der Waals surface area contributed by atoms with Gasteiger partial charge in [0, 0.05) is 6.54 Å². The van der Waals surface area contributed by atoms with Crippen molar-refractivity contribution in [2.24, 2.45) is 5.73 Å². The van der Waals surface area contributed by atoms with Crippen molar-refractivity contribution in [2.45, 2.75) is 32.7 Å². The third-order valence-electron chi connectivity index (χ3n) is 2.94. The maximum atomic E-state index is 12.4. The molecule has 92 valence electrons. The monoisotopic (exact) mass is 269 g/mol. The quantitative estimate of drug-likeness (QED) is 0.829. The molecular formula is C11H15N3OS2. The number of aryl methyl sites for hydroxylation is 2. The Morgan fingerprint density at radius 1 is 1.59 bits per heavy atom. The van der Waals surface area contributed by atoms with E-state index in [1.54, 1.807) is 4.90 Å². The lowest BCUT2D eigenvalue weighted by atomic mass is 10.2.